The maximum absolute atomic E-state index is 11.7. The summed E-state index contributed by atoms with van der Waals surface area (Å²) >= 11 is -2.79. The Balaban J connectivity index is 2.01. The van der Waals surface area contributed by atoms with Gasteiger partial charge in [-0.2, -0.15) is 0 Å². The average molecular weight is 485 g/mol. The molecule has 0 fully saturated rings. The number of hydrogen-bond donors (Lipinski definition) is 1. The third-order valence-corrected chi connectivity index (χ3v) is 9.39. The molecule has 0 saturated carbocycles. The molecule has 0 saturated heterocycles. The van der Waals surface area contributed by atoms with E-state index in [0.717, 1.165) is 18.6 Å². The molecule has 0 radical (unpaired) electrons. The van der Waals surface area contributed by atoms with Gasteiger partial charge >= 0.3 is 174 Å². The molecule has 4 rings (SSSR count). The fourth-order valence-electron chi connectivity index (χ4n) is 3.76. The van der Waals surface area contributed by atoms with Crippen LogP contribution in [-0.2, 0) is 0 Å². The summed E-state index contributed by atoms with van der Waals surface area (Å²) < 4.78 is 13.9. The Kier molecular flexibility index (Phi) is 5.21. The molecule has 0 aliphatic heterocycles. The summed E-state index contributed by atoms with van der Waals surface area (Å²) in [5.74, 6) is 0. The number of hydrogen-bond acceptors (Lipinski definition) is 3. The molecule has 0 aliphatic rings. The zero-order valence-electron chi connectivity index (χ0n) is 16.7. The Morgan fingerprint density at radius 3 is 1.29 bits per heavy atom. The minimum absolute atomic E-state index is 1.10. The molecule has 0 atom stereocenters. The normalized spacial score (nSPS) is 11.4. The van der Waals surface area contributed by atoms with Gasteiger partial charge in [0.2, 0.25) is 0 Å². The first-order valence-corrected chi connectivity index (χ1v) is 12.7. The molecule has 0 aromatic heterocycles. The number of benzene rings is 4. The van der Waals surface area contributed by atoms with Crippen LogP contribution in [0.2, 0.25) is 0 Å². The molecule has 0 aliphatic carbocycles. The molecule has 0 bridgehead atoms. The summed E-state index contributed by atoms with van der Waals surface area (Å²) in [7, 11) is 8.24. The molecule has 28 heavy (non-hydrogen) atoms. The van der Waals surface area contributed by atoms with Crippen molar-refractivity contribution >= 4 is 60.1 Å². The monoisotopic (exact) mass is 487 g/mol. The van der Waals surface area contributed by atoms with E-state index in [9.17, 15) is 3.47 Å². The second-order valence-corrected chi connectivity index (χ2v) is 11.5. The van der Waals surface area contributed by atoms with E-state index in [-0.39, 0.29) is 0 Å². The van der Waals surface area contributed by atoms with Crippen LogP contribution in [0.3, 0.4) is 0 Å². The van der Waals surface area contributed by atoms with Crippen molar-refractivity contribution in [1.82, 2.24) is 0 Å². The Morgan fingerprint density at radius 1 is 0.571 bits per heavy atom. The van der Waals surface area contributed by atoms with E-state index < -0.39 is 20.0 Å². The van der Waals surface area contributed by atoms with E-state index >= 15 is 0 Å². The molecule has 1 N–H and O–H groups in total. The number of nitrogens with zero attached hydrogens (tertiary/aromatic N) is 2. The van der Waals surface area contributed by atoms with E-state index in [1.807, 2.05) is 0 Å². The zero-order chi connectivity index (χ0) is 19.8. The van der Waals surface area contributed by atoms with Crippen LogP contribution in [0.4, 0.5) is 11.4 Å². The molecule has 4 heteroatoms. The Labute approximate surface area is 174 Å². The Morgan fingerprint density at radius 2 is 0.929 bits per heavy atom. The van der Waals surface area contributed by atoms with Gasteiger partial charge in [-0.1, -0.05) is 0 Å². The first-order valence-electron chi connectivity index (χ1n) is 9.30. The number of fused-ring (bicyclic) bond motifs is 2. The van der Waals surface area contributed by atoms with Crippen LogP contribution >= 0.6 is 0 Å². The molecule has 3 nitrogen and oxygen atoms in total. The zero-order valence-corrected chi connectivity index (χ0v) is 19.0. The van der Waals surface area contributed by atoms with Gasteiger partial charge in [0.1, 0.15) is 0 Å². The summed E-state index contributed by atoms with van der Waals surface area (Å²) in [5, 5.41) is 4.70. The summed E-state index contributed by atoms with van der Waals surface area (Å²) in [5.41, 5.74) is 2.31. The van der Waals surface area contributed by atoms with Gasteiger partial charge < -0.3 is 0 Å². The number of rotatable bonds is 4. The molecule has 0 amide bonds. The van der Waals surface area contributed by atoms with Crippen LogP contribution < -0.4 is 17.0 Å². The summed E-state index contributed by atoms with van der Waals surface area (Å²) in [6.45, 7) is 0. The maximum atomic E-state index is 11.7. The molecule has 0 spiro atoms. The van der Waals surface area contributed by atoms with Crippen LogP contribution in [0.5, 0.6) is 0 Å². The summed E-state index contributed by atoms with van der Waals surface area (Å²) in [6, 6.07) is 25.3. The fourth-order valence-corrected chi connectivity index (χ4v) is 7.99. The van der Waals surface area contributed by atoms with E-state index in [1.165, 1.54) is 21.5 Å². The van der Waals surface area contributed by atoms with Gasteiger partial charge in [0.25, 0.3) is 0 Å². The Hall–Kier alpha value is -2.25. The van der Waals surface area contributed by atoms with E-state index in [1.54, 1.807) is 0 Å². The number of anilines is 2. The van der Waals surface area contributed by atoms with Crippen molar-refractivity contribution in [2.45, 2.75) is 0 Å². The van der Waals surface area contributed by atoms with Crippen molar-refractivity contribution in [3.05, 3.63) is 72.8 Å². The molecule has 4 aromatic carbocycles. The van der Waals surface area contributed by atoms with Crippen LogP contribution in [0, 0.1) is 0 Å². The van der Waals surface area contributed by atoms with Crippen LogP contribution in [0.25, 0.3) is 21.5 Å². The van der Waals surface area contributed by atoms with Crippen LogP contribution in [0.1, 0.15) is 0 Å². The van der Waals surface area contributed by atoms with Crippen molar-refractivity contribution in [3.8, 4) is 0 Å². The van der Waals surface area contributed by atoms with Gasteiger partial charge in [0.15, 0.2) is 0 Å². The van der Waals surface area contributed by atoms with Gasteiger partial charge in [0.05, 0.1) is 0 Å². The van der Waals surface area contributed by atoms with E-state index in [0.29, 0.717) is 0 Å². The third kappa shape index (κ3) is 3.22. The van der Waals surface area contributed by atoms with Gasteiger partial charge in [0, 0.05) is 0 Å². The van der Waals surface area contributed by atoms with Gasteiger partial charge in [-0.3, -0.25) is 0 Å². The SMILES string of the molecule is CN(C)c1cccc2cccc([Te+](O)c3cccc4cccc(N(C)C)c34)c12. The predicted molar refractivity (Wildman–Crippen MR) is 124 cm³/mol. The molecular weight excluding hydrogens is 460 g/mol. The third-order valence-electron chi connectivity index (χ3n) is 5.07. The molecule has 142 valence electrons. The van der Waals surface area contributed by atoms with Crippen molar-refractivity contribution in [2.24, 2.45) is 0 Å². The van der Waals surface area contributed by atoms with Crippen molar-refractivity contribution in [2.75, 3.05) is 38.0 Å². The summed E-state index contributed by atoms with van der Waals surface area (Å²) in [4.78, 5) is 4.26. The van der Waals surface area contributed by atoms with Crippen molar-refractivity contribution in [1.29, 1.82) is 0 Å². The molecule has 0 heterocycles. The molecular formula is C24H25N2OTe+. The van der Waals surface area contributed by atoms with E-state index in [4.69, 9.17) is 0 Å². The second-order valence-electron chi connectivity index (χ2n) is 7.34. The van der Waals surface area contributed by atoms with Crippen LogP contribution in [-0.4, -0.2) is 51.6 Å². The van der Waals surface area contributed by atoms with E-state index in [2.05, 4.69) is 111 Å². The standard InChI is InChI=1S/C24H25N2OTe/c1-25(2)19-13-5-9-17-11-7-15-21(23(17)19)28(27)22-16-8-12-18-10-6-14-20(24(18)22)26(3)4/h5-16,27H,1-4H3/q+1. The van der Waals surface area contributed by atoms with Crippen molar-refractivity contribution in [3.63, 3.8) is 0 Å². The minimum atomic E-state index is -2.79. The average Bonchev–Trinajstić information content (AvgIpc) is 2.71. The fraction of sp³-hybridized carbons (Fsp3) is 0.167. The van der Waals surface area contributed by atoms with Gasteiger partial charge in [-0.05, 0) is 0 Å². The van der Waals surface area contributed by atoms with Gasteiger partial charge in [-0.15, -0.1) is 0 Å². The second kappa shape index (κ2) is 7.64. The Bertz CT molecular complexity index is 1050. The van der Waals surface area contributed by atoms with Crippen molar-refractivity contribution < 1.29 is 3.47 Å². The first kappa shape index (κ1) is 19.1. The van der Waals surface area contributed by atoms with Gasteiger partial charge in [-0.25, -0.2) is 0 Å². The first-order chi connectivity index (χ1) is 13.5. The topological polar surface area (TPSA) is 26.7 Å². The molecule has 0 unspecified atom stereocenters. The quantitative estimate of drug-likeness (QED) is 0.450. The van der Waals surface area contributed by atoms with Crippen LogP contribution in [0.15, 0.2) is 72.8 Å². The summed E-state index contributed by atoms with van der Waals surface area (Å²) in [6.07, 6.45) is 0. The predicted octanol–water partition coefficient (Wildman–Crippen LogP) is 3.22. The molecule has 4 aromatic rings.